The summed E-state index contributed by atoms with van der Waals surface area (Å²) in [7, 11) is 0. The molecule has 5 nitrogen and oxygen atoms in total. The standard InChI is InChI=1S/C20H12Cl2O5/c21-13-7-17-11(5-15(13)23)19(9-3-1-2-4-10(9)20(25)26)12-6-16(24)14(22)8-18(12)27-17/h1-8,19,23-24H,(H,25,26). The van der Waals surface area contributed by atoms with E-state index in [4.69, 9.17) is 27.9 Å². The van der Waals surface area contributed by atoms with E-state index in [1.165, 1.54) is 30.3 Å². The molecule has 0 amide bonds. The summed E-state index contributed by atoms with van der Waals surface area (Å²) in [6, 6.07) is 12.3. The molecule has 0 spiro atoms. The summed E-state index contributed by atoms with van der Waals surface area (Å²) in [4.78, 5) is 11.8. The summed E-state index contributed by atoms with van der Waals surface area (Å²) in [6.45, 7) is 0. The number of benzene rings is 3. The predicted molar refractivity (Wildman–Crippen MR) is 101 cm³/mol. The maximum Gasteiger partial charge on any atom is 0.335 e. The zero-order chi connectivity index (χ0) is 19.3. The molecule has 0 unspecified atom stereocenters. The molecule has 0 aromatic heterocycles. The van der Waals surface area contributed by atoms with Gasteiger partial charge in [0.1, 0.15) is 23.0 Å². The van der Waals surface area contributed by atoms with Crippen LogP contribution in [0.5, 0.6) is 23.0 Å². The number of fused-ring (bicyclic) bond motifs is 2. The summed E-state index contributed by atoms with van der Waals surface area (Å²) in [5, 5.41) is 30.0. The minimum absolute atomic E-state index is 0.102. The first kappa shape index (κ1) is 17.5. The zero-order valence-electron chi connectivity index (χ0n) is 13.6. The highest BCUT2D eigenvalue weighted by molar-refractivity contribution is 6.32. The van der Waals surface area contributed by atoms with Gasteiger partial charge in [-0.05, 0) is 23.8 Å². The van der Waals surface area contributed by atoms with E-state index in [-0.39, 0.29) is 27.1 Å². The molecule has 27 heavy (non-hydrogen) atoms. The van der Waals surface area contributed by atoms with Crippen LogP contribution in [0, 0.1) is 0 Å². The van der Waals surface area contributed by atoms with E-state index in [1.54, 1.807) is 18.2 Å². The van der Waals surface area contributed by atoms with Crippen LogP contribution in [-0.2, 0) is 0 Å². The topological polar surface area (TPSA) is 87.0 Å². The second kappa shape index (κ2) is 6.37. The van der Waals surface area contributed by atoms with Crippen molar-refractivity contribution in [2.75, 3.05) is 0 Å². The van der Waals surface area contributed by atoms with Crippen molar-refractivity contribution in [2.45, 2.75) is 5.92 Å². The van der Waals surface area contributed by atoms with Gasteiger partial charge in [-0.1, -0.05) is 41.4 Å². The minimum Gasteiger partial charge on any atom is -0.506 e. The SMILES string of the molecule is O=C(O)c1ccccc1C1c2cc(O)c(Cl)cc2Oc2cc(Cl)c(O)cc21. The smallest absolute Gasteiger partial charge is 0.335 e. The van der Waals surface area contributed by atoms with Gasteiger partial charge in [-0.3, -0.25) is 0 Å². The highest BCUT2D eigenvalue weighted by atomic mass is 35.5. The fourth-order valence-electron chi connectivity index (χ4n) is 3.31. The Hall–Kier alpha value is -2.89. The minimum atomic E-state index is -1.09. The van der Waals surface area contributed by atoms with Crippen LogP contribution >= 0.6 is 23.2 Å². The second-order valence-corrected chi connectivity index (χ2v) is 6.92. The average molecular weight is 403 g/mol. The number of carboxylic acids is 1. The molecule has 1 aliphatic rings. The Bertz CT molecular complexity index is 1040. The molecule has 0 aliphatic carbocycles. The lowest BCUT2D eigenvalue weighted by Crippen LogP contribution is -2.15. The first-order valence-corrected chi connectivity index (χ1v) is 8.67. The number of carbonyl (C=O) groups is 1. The average Bonchev–Trinajstić information content (AvgIpc) is 2.63. The second-order valence-electron chi connectivity index (χ2n) is 6.11. The quantitative estimate of drug-likeness (QED) is 0.418. The summed E-state index contributed by atoms with van der Waals surface area (Å²) in [5.41, 5.74) is 1.64. The number of rotatable bonds is 2. The van der Waals surface area contributed by atoms with E-state index in [2.05, 4.69) is 0 Å². The highest BCUT2D eigenvalue weighted by Gasteiger charge is 2.33. The van der Waals surface area contributed by atoms with Gasteiger partial charge in [-0.25, -0.2) is 4.79 Å². The van der Waals surface area contributed by atoms with E-state index < -0.39 is 11.9 Å². The van der Waals surface area contributed by atoms with Crippen LogP contribution in [0.15, 0.2) is 48.5 Å². The highest BCUT2D eigenvalue weighted by Crippen LogP contribution is 2.52. The van der Waals surface area contributed by atoms with Gasteiger partial charge in [-0.15, -0.1) is 0 Å². The molecule has 0 atom stereocenters. The van der Waals surface area contributed by atoms with E-state index in [1.807, 2.05) is 0 Å². The van der Waals surface area contributed by atoms with Gasteiger partial charge in [0.05, 0.1) is 15.6 Å². The number of halogens is 2. The molecule has 3 aromatic rings. The maximum atomic E-state index is 11.8. The molecule has 0 saturated heterocycles. The van der Waals surface area contributed by atoms with Crippen molar-refractivity contribution in [3.63, 3.8) is 0 Å². The number of carboxylic acid groups (broad SMARTS) is 1. The van der Waals surface area contributed by atoms with Crippen LogP contribution in [0.3, 0.4) is 0 Å². The third-order valence-corrected chi connectivity index (χ3v) is 5.11. The Labute approximate surface area is 164 Å². The zero-order valence-corrected chi connectivity index (χ0v) is 15.1. The molecule has 0 fully saturated rings. The monoisotopic (exact) mass is 402 g/mol. The summed E-state index contributed by atoms with van der Waals surface area (Å²) in [5.74, 6) is -1.26. The third-order valence-electron chi connectivity index (χ3n) is 4.50. The lowest BCUT2D eigenvalue weighted by atomic mass is 9.80. The number of hydrogen-bond acceptors (Lipinski definition) is 4. The van der Waals surface area contributed by atoms with E-state index in [9.17, 15) is 20.1 Å². The van der Waals surface area contributed by atoms with E-state index >= 15 is 0 Å². The molecule has 1 aliphatic heterocycles. The van der Waals surface area contributed by atoms with Crippen molar-refractivity contribution in [2.24, 2.45) is 0 Å². The number of phenols is 2. The third kappa shape index (κ3) is 2.85. The Kier molecular flexibility index (Phi) is 4.13. The predicted octanol–water partition coefficient (Wildman–Crippen LogP) is 5.39. The fraction of sp³-hybridized carbons (Fsp3) is 0.0500. The Morgan fingerprint density at radius 3 is 1.89 bits per heavy atom. The van der Waals surface area contributed by atoms with Crippen molar-refractivity contribution in [1.29, 1.82) is 0 Å². The fourth-order valence-corrected chi connectivity index (χ4v) is 3.62. The van der Waals surface area contributed by atoms with Crippen molar-refractivity contribution >= 4 is 29.2 Å². The Morgan fingerprint density at radius 2 is 1.37 bits per heavy atom. The summed E-state index contributed by atoms with van der Waals surface area (Å²) in [6.07, 6.45) is 0. The van der Waals surface area contributed by atoms with Crippen LogP contribution in [0.25, 0.3) is 0 Å². The van der Waals surface area contributed by atoms with E-state index in [0.29, 0.717) is 28.2 Å². The van der Waals surface area contributed by atoms with Crippen molar-refractivity contribution in [3.8, 4) is 23.0 Å². The molecule has 3 aromatic carbocycles. The van der Waals surface area contributed by atoms with Gasteiger partial charge >= 0.3 is 5.97 Å². The number of hydrogen-bond donors (Lipinski definition) is 3. The summed E-state index contributed by atoms with van der Waals surface area (Å²) < 4.78 is 5.86. The van der Waals surface area contributed by atoms with Crippen LogP contribution in [0.2, 0.25) is 10.0 Å². The number of aromatic hydroxyl groups is 2. The molecule has 7 heteroatoms. The normalized spacial score (nSPS) is 12.8. The number of aromatic carboxylic acids is 1. The lowest BCUT2D eigenvalue weighted by molar-refractivity contribution is 0.0695. The molecular formula is C20H12Cl2O5. The molecule has 0 bridgehead atoms. The molecule has 4 rings (SSSR count). The van der Waals surface area contributed by atoms with Gasteiger partial charge in [0.25, 0.3) is 0 Å². The molecule has 3 N–H and O–H groups in total. The number of ether oxygens (including phenoxy) is 1. The van der Waals surface area contributed by atoms with Gasteiger partial charge in [0, 0.05) is 29.2 Å². The first-order chi connectivity index (χ1) is 12.9. The largest absolute Gasteiger partial charge is 0.506 e. The summed E-state index contributed by atoms with van der Waals surface area (Å²) >= 11 is 12.0. The molecule has 0 saturated carbocycles. The van der Waals surface area contributed by atoms with Crippen LogP contribution in [-0.4, -0.2) is 21.3 Å². The van der Waals surface area contributed by atoms with Crippen LogP contribution in [0.1, 0.15) is 33.0 Å². The lowest BCUT2D eigenvalue weighted by Gasteiger charge is -2.30. The van der Waals surface area contributed by atoms with E-state index in [0.717, 1.165) is 0 Å². The van der Waals surface area contributed by atoms with Crippen molar-refractivity contribution in [1.82, 2.24) is 0 Å². The van der Waals surface area contributed by atoms with Gasteiger partial charge < -0.3 is 20.1 Å². The van der Waals surface area contributed by atoms with Crippen molar-refractivity contribution in [3.05, 3.63) is 80.8 Å². The molecular weight excluding hydrogens is 391 g/mol. The molecule has 136 valence electrons. The van der Waals surface area contributed by atoms with Gasteiger partial charge in [0.2, 0.25) is 0 Å². The molecule has 0 radical (unpaired) electrons. The maximum absolute atomic E-state index is 11.8. The first-order valence-electron chi connectivity index (χ1n) is 7.91. The Balaban J connectivity index is 2.05. The van der Waals surface area contributed by atoms with Crippen molar-refractivity contribution < 1.29 is 24.9 Å². The molecule has 1 heterocycles. The van der Waals surface area contributed by atoms with Gasteiger partial charge in [-0.2, -0.15) is 0 Å². The van der Waals surface area contributed by atoms with Crippen LogP contribution in [0.4, 0.5) is 0 Å². The van der Waals surface area contributed by atoms with Gasteiger partial charge in [0.15, 0.2) is 0 Å². The Morgan fingerprint density at radius 1 is 0.852 bits per heavy atom. The number of phenolic OH excluding ortho intramolecular Hbond substituents is 2. The van der Waals surface area contributed by atoms with Crippen LogP contribution < -0.4 is 4.74 Å².